The van der Waals surface area contributed by atoms with Crippen molar-refractivity contribution in [3.8, 4) is 0 Å². The third-order valence-electron chi connectivity index (χ3n) is 2.51. The van der Waals surface area contributed by atoms with Crippen LogP contribution in [0.4, 0.5) is 4.39 Å². The summed E-state index contributed by atoms with van der Waals surface area (Å²) in [6, 6.07) is 6.88. The number of hydrogen-bond donors (Lipinski definition) is 1. The number of halogens is 2. The van der Waals surface area contributed by atoms with E-state index >= 15 is 0 Å². The van der Waals surface area contributed by atoms with Crippen LogP contribution in [0.1, 0.15) is 21.9 Å². The topological polar surface area (TPSA) is 67.5 Å². The maximum absolute atomic E-state index is 13.5. The van der Waals surface area contributed by atoms with E-state index in [2.05, 4.69) is 0 Å². The van der Waals surface area contributed by atoms with Crippen molar-refractivity contribution in [3.05, 3.63) is 58.3 Å². The fourth-order valence-corrected chi connectivity index (χ4v) is 2.91. The monoisotopic (exact) mass is 316 g/mol. The van der Waals surface area contributed by atoms with Gasteiger partial charge in [0.2, 0.25) is 5.76 Å². The van der Waals surface area contributed by atoms with Crippen LogP contribution >= 0.6 is 11.6 Å². The minimum absolute atomic E-state index is 0.00606. The molecule has 0 spiro atoms. The summed E-state index contributed by atoms with van der Waals surface area (Å²) in [6.45, 7) is 0. The molecule has 1 unspecified atom stereocenters. The molecular formula is C13H10ClFO4S. The summed E-state index contributed by atoms with van der Waals surface area (Å²) in [7, 11) is -1.41. The number of aromatic carboxylic acids is 1. The van der Waals surface area contributed by atoms with Gasteiger partial charge < -0.3 is 9.52 Å². The molecule has 1 heterocycles. The van der Waals surface area contributed by atoms with Gasteiger partial charge in [-0.25, -0.2) is 9.18 Å². The molecule has 0 radical (unpaired) electrons. The minimum Gasteiger partial charge on any atom is -0.475 e. The van der Waals surface area contributed by atoms with Gasteiger partial charge in [0, 0.05) is 21.4 Å². The molecule has 0 aliphatic carbocycles. The van der Waals surface area contributed by atoms with Crippen LogP contribution in [0.25, 0.3) is 0 Å². The molecule has 0 bridgehead atoms. The van der Waals surface area contributed by atoms with E-state index in [1.807, 2.05) is 0 Å². The minimum atomic E-state index is -1.41. The van der Waals surface area contributed by atoms with Gasteiger partial charge in [0.25, 0.3) is 0 Å². The van der Waals surface area contributed by atoms with Crippen LogP contribution in [0.2, 0.25) is 5.02 Å². The van der Waals surface area contributed by atoms with E-state index in [0.717, 1.165) is 6.07 Å². The number of rotatable bonds is 5. The first-order valence-electron chi connectivity index (χ1n) is 5.56. The summed E-state index contributed by atoms with van der Waals surface area (Å²) in [4.78, 5) is 10.6. The Balaban J connectivity index is 2.03. The van der Waals surface area contributed by atoms with Crippen molar-refractivity contribution < 1.29 is 22.9 Å². The Bertz CT molecular complexity index is 668. The van der Waals surface area contributed by atoms with E-state index in [4.69, 9.17) is 21.1 Å². The number of carboxylic acids is 1. The van der Waals surface area contributed by atoms with Crippen LogP contribution in [0.5, 0.6) is 0 Å². The molecule has 1 atom stereocenters. The first-order chi connectivity index (χ1) is 9.45. The maximum Gasteiger partial charge on any atom is 0.371 e. The van der Waals surface area contributed by atoms with Crippen molar-refractivity contribution in [1.29, 1.82) is 0 Å². The lowest BCUT2D eigenvalue weighted by Gasteiger charge is -2.03. The number of benzene rings is 1. The predicted molar refractivity (Wildman–Crippen MR) is 72.6 cm³/mol. The molecular weight excluding hydrogens is 307 g/mol. The van der Waals surface area contributed by atoms with Crippen molar-refractivity contribution in [2.75, 3.05) is 0 Å². The average molecular weight is 317 g/mol. The molecule has 4 nitrogen and oxygen atoms in total. The van der Waals surface area contributed by atoms with Crippen molar-refractivity contribution in [2.24, 2.45) is 0 Å². The van der Waals surface area contributed by atoms with Crippen LogP contribution in [0.3, 0.4) is 0 Å². The second kappa shape index (κ2) is 6.19. The molecule has 2 rings (SSSR count). The van der Waals surface area contributed by atoms with Gasteiger partial charge in [-0.3, -0.25) is 4.21 Å². The zero-order valence-electron chi connectivity index (χ0n) is 10.1. The Labute approximate surface area is 121 Å². The van der Waals surface area contributed by atoms with Gasteiger partial charge in [0.15, 0.2) is 0 Å². The van der Waals surface area contributed by atoms with Gasteiger partial charge >= 0.3 is 5.97 Å². The molecule has 1 aromatic heterocycles. The smallest absolute Gasteiger partial charge is 0.371 e. The number of carbonyl (C=O) groups is 1. The van der Waals surface area contributed by atoms with Crippen LogP contribution in [-0.4, -0.2) is 15.3 Å². The fourth-order valence-electron chi connectivity index (χ4n) is 1.59. The highest BCUT2D eigenvalue weighted by Gasteiger charge is 2.13. The lowest BCUT2D eigenvalue weighted by atomic mass is 10.2. The molecule has 0 fully saturated rings. The lowest BCUT2D eigenvalue weighted by Crippen LogP contribution is -2.01. The Morgan fingerprint density at radius 1 is 1.30 bits per heavy atom. The van der Waals surface area contributed by atoms with E-state index in [1.54, 1.807) is 0 Å². The summed E-state index contributed by atoms with van der Waals surface area (Å²) in [5.41, 5.74) is 0.290. The standard InChI is InChI=1S/C13H10ClFO4S/c14-9-2-1-8(11(15)5-9)6-20(18)7-10-3-4-12(19-10)13(16)17/h1-5H,6-7H2,(H,16,17). The molecule has 0 saturated heterocycles. The zero-order valence-corrected chi connectivity index (χ0v) is 11.7. The third-order valence-corrected chi connectivity index (χ3v) is 3.98. The molecule has 1 aromatic carbocycles. The molecule has 7 heteroatoms. The third kappa shape index (κ3) is 3.68. The second-order valence-corrected chi connectivity index (χ2v) is 5.93. The molecule has 1 N–H and O–H groups in total. The van der Waals surface area contributed by atoms with Crippen LogP contribution in [-0.2, 0) is 22.3 Å². The first-order valence-corrected chi connectivity index (χ1v) is 7.43. The van der Waals surface area contributed by atoms with E-state index in [-0.39, 0.29) is 33.6 Å². The molecule has 0 aliphatic rings. The Morgan fingerprint density at radius 3 is 2.65 bits per heavy atom. The van der Waals surface area contributed by atoms with Gasteiger partial charge in [-0.1, -0.05) is 17.7 Å². The Hall–Kier alpha value is -1.66. The van der Waals surface area contributed by atoms with Crippen molar-refractivity contribution in [1.82, 2.24) is 0 Å². The van der Waals surface area contributed by atoms with E-state index in [0.29, 0.717) is 0 Å². The molecule has 0 amide bonds. The fraction of sp³-hybridized carbons (Fsp3) is 0.154. The van der Waals surface area contributed by atoms with Crippen molar-refractivity contribution in [2.45, 2.75) is 11.5 Å². The summed E-state index contributed by atoms with van der Waals surface area (Å²) >= 11 is 5.63. The highest BCUT2D eigenvalue weighted by atomic mass is 35.5. The largest absolute Gasteiger partial charge is 0.475 e. The zero-order chi connectivity index (χ0) is 14.7. The average Bonchev–Trinajstić information content (AvgIpc) is 2.81. The van der Waals surface area contributed by atoms with Crippen LogP contribution in [0, 0.1) is 5.82 Å². The number of carboxylic acid groups (broad SMARTS) is 1. The summed E-state index contributed by atoms with van der Waals surface area (Å²) in [6.07, 6.45) is 0. The first kappa shape index (κ1) is 14.7. The van der Waals surface area contributed by atoms with Crippen molar-refractivity contribution in [3.63, 3.8) is 0 Å². The highest BCUT2D eigenvalue weighted by molar-refractivity contribution is 7.83. The van der Waals surface area contributed by atoms with Gasteiger partial charge in [-0.15, -0.1) is 0 Å². The van der Waals surface area contributed by atoms with Gasteiger partial charge in [0.05, 0.1) is 11.5 Å². The van der Waals surface area contributed by atoms with Crippen LogP contribution < -0.4 is 0 Å². The summed E-state index contributed by atoms with van der Waals surface area (Å²) in [5.74, 6) is -1.60. The predicted octanol–water partition coefficient (Wildman–Crippen LogP) is 3.22. The quantitative estimate of drug-likeness (QED) is 0.919. The SMILES string of the molecule is O=C(O)c1ccc(CS(=O)Cc2ccc(Cl)cc2F)o1. The number of hydrogen-bond acceptors (Lipinski definition) is 3. The van der Waals surface area contributed by atoms with Gasteiger partial charge in [0.1, 0.15) is 11.6 Å². The molecule has 2 aromatic rings. The summed E-state index contributed by atoms with van der Waals surface area (Å²) < 4.78 is 30.4. The van der Waals surface area contributed by atoms with E-state index < -0.39 is 22.6 Å². The lowest BCUT2D eigenvalue weighted by molar-refractivity contribution is 0.0660. The van der Waals surface area contributed by atoms with E-state index in [9.17, 15) is 13.4 Å². The van der Waals surface area contributed by atoms with Crippen molar-refractivity contribution >= 4 is 28.4 Å². The maximum atomic E-state index is 13.5. The number of furan rings is 1. The highest BCUT2D eigenvalue weighted by Crippen LogP contribution is 2.18. The molecule has 106 valence electrons. The summed E-state index contributed by atoms with van der Waals surface area (Å²) in [5, 5.41) is 8.97. The molecule has 20 heavy (non-hydrogen) atoms. The van der Waals surface area contributed by atoms with E-state index in [1.165, 1.54) is 24.3 Å². The van der Waals surface area contributed by atoms with Crippen LogP contribution in [0.15, 0.2) is 34.7 Å². The van der Waals surface area contributed by atoms with Gasteiger partial charge in [-0.05, 0) is 24.3 Å². The van der Waals surface area contributed by atoms with Gasteiger partial charge in [-0.2, -0.15) is 0 Å². The normalized spacial score (nSPS) is 12.3. The Kier molecular flexibility index (Phi) is 4.57. The Morgan fingerprint density at radius 2 is 2.05 bits per heavy atom. The molecule has 0 aliphatic heterocycles. The second-order valence-electron chi connectivity index (χ2n) is 4.04. The molecule has 0 saturated carbocycles.